The molecule has 0 atom stereocenters. The molecule has 144 valence electrons. The van der Waals surface area contributed by atoms with Crippen LogP contribution < -0.4 is 5.32 Å². The van der Waals surface area contributed by atoms with Crippen LogP contribution in [0.4, 0.5) is 5.69 Å². The Labute approximate surface area is 163 Å². The van der Waals surface area contributed by atoms with Gasteiger partial charge >= 0.3 is 5.97 Å². The molecular weight excluding hydrogens is 356 g/mol. The smallest absolute Gasteiger partial charge is 0.337 e. The maximum absolute atomic E-state index is 12.6. The van der Waals surface area contributed by atoms with Gasteiger partial charge in [-0.2, -0.15) is 0 Å². The molecule has 0 bridgehead atoms. The normalized spacial score (nSPS) is 13.6. The molecule has 0 saturated heterocycles. The van der Waals surface area contributed by atoms with Gasteiger partial charge in [-0.3, -0.25) is 4.79 Å². The zero-order valence-corrected chi connectivity index (χ0v) is 15.6. The van der Waals surface area contributed by atoms with Gasteiger partial charge in [-0.05, 0) is 28.8 Å². The van der Waals surface area contributed by atoms with Gasteiger partial charge in [0.15, 0.2) is 0 Å². The molecule has 6 heteroatoms. The van der Waals surface area contributed by atoms with Crippen LogP contribution >= 0.6 is 0 Å². The van der Waals surface area contributed by atoms with Gasteiger partial charge in [-0.15, -0.1) is 0 Å². The van der Waals surface area contributed by atoms with Gasteiger partial charge in [0.2, 0.25) is 0 Å². The summed E-state index contributed by atoms with van der Waals surface area (Å²) < 4.78 is 4.79. The fraction of sp³-hybridized carbons (Fsp3) is 0.182. The number of esters is 1. The number of amides is 1. The summed E-state index contributed by atoms with van der Waals surface area (Å²) in [5.74, 6) is -0.905. The van der Waals surface area contributed by atoms with Crippen LogP contribution in [-0.4, -0.2) is 48.7 Å². The first-order valence-electron chi connectivity index (χ1n) is 8.88. The lowest BCUT2D eigenvalue weighted by Crippen LogP contribution is -2.31. The van der Waals surface area contributed by atoms with E-state index in [-0.39, 0.29) is 36.9 Å². The van der Waals surface area contributed by atoms with Crippen molar-refractivity contribution in [2.24, 2.45) is 0 Å². The van der Waals surface area contributed by atoms with Crippen molar-refractivity contribution >= 4 is 23.1 Å². The van der Waals surface area contributed by atoms with Crippen molar-refractivity contribution in [2.75, 3.05) is 32.1 Å². The fourth-order valence-electron chi connectivity index (χ4n) is 3.05. The number of ether oxygens (including phenoxy) is 1. The third-order valence-corrected chi connectivity index (χ3v) is 4.58. The summed E-state index contributed by atoms with van der Waals surface area (Å²) in [5, 5.41) is 12.1. The van der Waals surface area contributed by atoms with Crippen molar-refractivity contribution in [3.05, 3.63) is 83.6 Å². The Morgan fingerprint density at radius 2 is 1.79 bits per heavy atom. The molecule has 0 fully saturated rings. The predicted octanol–water partition coefficient (Wildman–Crippen LogP) is 2.42. The monoisotopic (exact) mass is 378 g/mol. The van der Waals surface area contributed by atoms with Gasteiger partial charge in [0.25, 0.3) is 5.91 Å². The van der Waals surface area contributed by atoms with Gasteiger partial charge in [-0.25, -0.2) is 4.79 Å². The average molecular weight is 378 g/mol. The van der Waals surface area contributed by atoms with Crippen LogP contribution in [0.25, 0.3) is 5.57 Å². The van der Waals surface area contributed by atoms with E-state index in [2.05, 4.69) is 11.9 Å². The quantitative estimate of drug-likeness (QED) is 0.724. The molecule has 2 aromatic rings. The molecule has 0 aromatic heterocycles. The number of hydrogen-bond donors (Lipinski definition) is 2. The van der Waals surface area contributed by atoms with Crippen LogP contribution in [0.15, 0.2) is 72.4 Å². The molecule has 0 saturated carbocycles. The summed E-state index contributed by atoms with van der Waals surface area (Å²) in [6.45, 7) is 4.23. The number of anilines is 1. The number of nitrogens with one attached hydrogen (secondary N) is 1. The topological polar surface area (TPSA) is 78.9 Å². The molecule has 1 heterocycles. The Hall–Kier alpha value is -3.38. The zero-order chi connectivity index (χ0) is 20.1. The molecule has 3 rings (SSSR count). The summed E-state index contributed by atoms with van der Waals surface area (Å²) in [4.78, 5) is 26.0. The first-order valence-corrected chi connectivity index (χ1v) is 8.88. The fourth-order valence-corrected chi connectivity index (χ4v) is 3.05. The number of β-amino-alcohol motifs (C(OH)–C–C–N with tert-alkyl or cyclic N) is 1. The number of benzene rings is 2. The van der Waals surface area contributed by atoms with Gasteiger partial charge in [0.05, 0.1) is 25.8 Å². The van der Waals surface area contributed by atoms with Crippen LogP contribution in [-0.2, 0) is 14.3 Å². The molecule has 0 radical (unpaired) electrons. The van der Waals surface area contributed by atoms with Crippen LogP contribution in [0.2, 0.25) is 0 Å². The number of nitrogens with zero attached hydrogens (tertiary/aromatic N) is 1. The molecule has 0 aliphatic carbocycles. The molecule has 2 aromatic carbocycles. The molecule has 2 N–H and O–H groups in total. The minimum absolute atomic E-state index is 0.108. The van der Waals surface area contributed by atoms with Crippen molar-refractivity contribution in [3.63, 3.8) is 0 Å². The summed E-state index contributed by atoms with van der Waals surface area (Å²) in [5.41, 5.74) is 3.98. The summed E-state index contributed by atoms with van der Waals surface area (Å²) >= 11 is 0. The third-order valence-electron chi connectivity index (χ3n) is 4.58. The minimum Gasteiger partial charge on any atom is -0.466 e. The lowest BCUT2D eigenvalue weighted by Gasteiger charge is -2.15. The highest BCUT2D eigenvalue weighted by Crippen LogP contribution is 2.26. The van der Waals surface area contributed by atoms with E-state index in [9.17, 15) is 9.59 Å². The van der Waals surface area contributed by atoms with Crippen molar-refractivity contribution < 1.29 is 19.4 Å². The number of rotatable bonds is 7. The molecule has 6 nitrogen and oxygen atoms in total. The summed E-state index contributed by atoms with van der Waals surface area (Å²) in [6, 6.07) is 17.3. The van der Waals surface area contributed by atoms with E-state index >= 15 is 0 Å². The van der Waals surface area contributed by atoms with Crippen molar-refractivity contribution in [1.82, 2.24) is 4.90 Å². The van der Waals surface area contributed by atoms with E-state index in [4.69, 9.17) is 9.84 Å². The van der Waals surface area contributed by atoms with E-state index in [1.165, 1.54) is 12.0 Å². The van der Waals surface area contributed by atoms with Crippen LogP contribution in [0, 0.1) is 0 Å². The highest BCUT2D eigenvalue weighted by molar-refractivity contribution is 6.08. The molecule has 1 amide bonds. The second kappa shape index (κ2) is 8.54. The number of carbonyl (C=O) groups excluding carboxylic acids is 2. The highest BCUT2D eigenvalue weighted by Gasteiger charge is 2.34. The van der Waals surface area contributed by atoms with Crippen molar-refractivity contribution in [1.29, 1.82) is 0 Å². The van der Waals surface area contributed by atoms with E-state index < -0.39 is 5.97 Å². The summed E-state index contributed by atoms with van der Waals surface area (Å²) in [7, 11) is 1.27. The minimum atomic E-state index is -0.564. The molecule has 1 aliphatic heterocycles. The second-order valence-corrected chi connectivity index (χ2v) is 6.34. The Balaban J connectivity index is 1.81. The number of carbonyl (C=O) groups is 2. The first kappa shape index (κ1) is 19.4. The van der Waals surface area contributed by atoms with Crippen molar-refractivity contribution in [3.8, 4) is 0 Å². The maximum Gasteiger partial charge on any atom is 0.337 e. The van der Waals surface area contributed by atoms with Crippen molar-refractivity contribution in [2.45, 2.75) is 0 Å². The van der Waals surface area contributed by atoms with Gasteiger partial charge in [0, 0.05) is 12.2 Å². The van der Waals surface area contributed by atoms with E-state index in [0.29, 0.717) is 5.69 Å². The summed E-state index contributed by atoms with van der Waals surface area (Å²) in [6.07, 6.45) is 0. The SMILES string of the molecule is C=C(c1ccccc1)c1ccc(NC2=C(C(=O)OC)CN(CCO)C2=O)cc1. The Morgan fingerprint density at radius 1 is 1.14 bits per heavy atom. The predicted molar refractivity (Wildman–Crippen MR) is 107 cm³/mol. The molecular formula is C22H22N2O4. The second-order valence-electron chi connectivity index (χ2n) is 6.34. The highest BCUT2D eigenvalue weighted by atomic mass is 16.5. The van der Waals surface area contributed by atoms with E-state index in [1.54, 1.807) is 0 Å². The number of hydrogen-bond acceptors (Lipinski definition) is 5. The average Bonchev–Trinajstić information content (AvgIpc) is 3.04. The van der Waals surface area contributed by atoms with Gasteiger partial charge in [0.1, 0.15) is 5.70 Å². The van der Waals surface area contributed by atoms with E-state index in [0.717, 1.165) is 16.7 Å². The van der Waals surface area contributed by atoms with Crippen LogP contribution in [0.1, 0.15) is 11.1 Å². The number of aliphatic hydroxyl groups is 1. The Kier molecular flexibility index (Phi) is 5.91. The molecule has 0 unspecified atom stereocenters. The molecule has 28 heavy (non-hydrogen) atoms. The maximum atomic E-state index is 12.6. The number of methoxy groups -OCH3 is 1. The van der Waals surface area contributed by atoms with Gasteiger partial charge in [-0.1, -0.05) is 49.0 Å². The van der Waals surface area contributed by atoms with E-state index in [1.807, 2.05) is 54.6 Å². The largest absolute Gasteiger partial charge is 0.466 e. The third kappa shape index (κ3) is 3.97. The number of aliphatic hydroxyl groups excluding tert-OH is 1. The van der Waals surface area contributed by atoms with Crippen LogP contribution in [0.3, 0.4) is 0 Å². The lowest BCUT2D eigenvalue weighted by molar-refractivity contribution is -0.136. The lowest BCUT2D eigenvalue weighted by atomic mass is 9.99. The molecule has 1 aliphatic rings. The Bertz CT molecular complexity index is 917. The Morgan fingerprint density at radius 3 is 2.39 bits per heavy atom. The molecule has 0 spiro atoms. The van der Waals surface area contributed by atoms with Crippen LogP contribution in [0.5, 0.6) is 0 Å². The standard InChI is InChI=1S/C22H22N2O4/c1-15(16-6-4-3-5-7-16)17-8-10-18(11-9-17)23-20-19(22(27)28-2)14-24(12-13-25)21(20)26/h3-11,23,25H,1,12-14H2,2H3. The zero-order valence-electron chi connectivity index (χ0n) is 15.6. The van der Waals surface area contributed by atoms with Gasteiger partial charge < -0.3 is 20.1 Å². The first-order chi connectivity index (χ1) is 13.5.